The van der Waals surface area contributed by atoms with Crippen molar-refractivity contribution in [2.75, 3.05) is 26.7 Å². The number of esters is 1. The Labute approximate surface area is 115 Å². The van der Waals surface area contributed by atoms with Crippen LogP contribution in [0.4, 0.5) is 0 Å². The van der Waals surface area contributed by atoms with Crippen LogP contribution in [0.15, 0.2) is 0 Å². The fourth-order valence-electron chi connectivity index (χ4n) is 2.41. The van der Waals surface area contributed by atoms with Crippen molar-refractivity contribution in [3.8, 4) is 0 Å². The Morgan fingerprint density at radius 3 is 2.37 bits per heavy atom. The van der Waals surface area contributed by atoms with Gasteiger partial charge in [0.1, 0.15) is 0 Å². The molecule has 5 heteroatoms. The highest BCUT2D eigenvalue weighted by molar-refractivity contribution is 5.79. The van der Waals surface area contributed by atoms with Crippen LogP contribution in [0.25, 0.3) is 0 Å². The van der Waals surface area contributed by atoms with E-state index in [2.05, 4.69) is 17.0 Å². The van der Waals surface area contributed by atoms with E-state index < -0.39 is 0 Å². The first-order chi connectivity index (χ1) is 9.05. The molecule has 0 spiro atoms. The van der Waals surface area contributed by atoms with Crippen LogP contribution in [0.2, 0.25) is 0 Å². The number of likely N-dealkylation sites (N-methyl/N-ethyl adjacent to an activating group) is 1. The van der Waals surface area contributed by atoms with Crippen LogP contribution < -0.4 is 5.32 Å². The molecule has 1 rings (SSSR count). The lowest BCUT2D eigenvalue weighted by molar-refractivity contribution is -0.142. The van der Waals surface area contributed by atoms with Gasteiger partial charge in [0.25, 0.3) is 0 Å². The summed E-state index contributed by atoms with van der Waals surface area (Å²) < 4.78 is 4.61. The summed E-state index contributed by atoms with van der Waals surface area (Å²) in [7, 11) is 1.36. The number of rotatable bonds is 6. The van der Waals surface area contributed by atoms with E-state index in [1.807, 2.05) is 6.92 Å². The molecule has 0 atom stereocenters. The molecule has 5 nitrogen and oxygen atoms in total. The van der Waals surface area contributed by atoms with Gasteiger partial charge < -0.3 is 10.1 Å². The molecular formula is C14H26N2O3. The zero-order valence-electron chi connectivity index (χ0n) is 12.3. The Morgan fingerprint density at radius 2 is 1.84 bits per heavy atom. The number of amides is 1. The maximum atomic E-state index is 11.9. The van der Waals surface area contributed by atoms with Gasteiger partial charge in [0.2, 0.25) is 5.91 Å². The number of nitrogens with zero attached hydrogens (tertiary/aromatic N) is 1. The highest BCUT2D eigenvalue weighted by Gasteiger charge is 2.21. The Bertz CT molecular complexity index is 299. The summed E-state index contributed by atoms with van der Waals surface area (Å²) in [5, 5.41) is 3.06. The van der Waals surface area contributed by atoms with E-state index in [0.29, 0.717) is 12.6 Å². The fourth-order valence-corrected chi connectivity index (χ4v) is 2.41. The van der Waals surface area contributed by atoms with Gasteiger partial charge in [0.15, 0.2) is 0 Å². The molecule has 1 N–H and O–H groups in total. The third-order valence-corrected chi connectivity index (χ3v) is 3.78. The second-order valence-electron chi connectivity index (χ2n) is 5.40. The van der Waals surface area contributed by atoms with Crippen molar-refractivity contribution in [3.05, 3.63) is 0 Å². The first-order valence-corrected chi connectivity index (χ1v) is 7.13. The largest absolute Gasteiger partial charge is 0.468 e. The number of methoxy groups -OCH3 is 1. The van der Waals surface area contributed by atoms with Gasteiger partial charge in [-0.2, -0.15) is 0 Å². The van der Waals surface area contributed by atoms with E-state index in [4.69, 9.17) is 0 Å². The summed E-state index contributed by atoms with van der Waals surface area (Å²) in [6.45, 7) is 5.27. The lowest BCUT2D eigenvalue weighted by Gasteiger charge is -2.28. The molecule has 0 aromatic carbocycles. The van der Waals surface area contributed by atoms with Crippen molar-refractivity contribution in [2.45, 2.75) is 45.6 Å². The van der Waals surface area contributed by atoms with E-state index in [9.17, 15) is 9.59 Å². The van der Waals surface area contributed by atoms with Crippen molar-refractivity contribution in [3.63, 3.8) is 0 Å². The van der Waals surface area contributed by atoms with Crippen LogP contribution in [0.1, 0.15) is 39.5 Å². The van der Waals surface area contributed by atoms with Crippen LogP contribution >= 0.6 is 0 Å². The van der Waals surface area contributed by atoms with Crippen molar-refractivity contribution in [1.82, 2.24) is 10.2 Å². The van der Waals surface area contributed by atoms with Gasteiger partial charge in [-0.05, 0) is 38.1 Å². The lowest BCUT2D eigenvalue weighted by atomic mass is 9.87. The normalized spacial score (nSPS) is 23.2. The van der Waals surface area contributed by atoms with Crippen LogP contribution in [0, 0.1) is 5.92 Å². The number of nitrogens with one attached hydrogen (secondary N) is 1. The smallest absolute Gasteiger partial charge is 0.319 e. The predicted molar refractivity (Wildman–Crippen MR) is 73.7 cm³/mol. The molecular weight excluding hydrogens is 244 g/mol. The summed E-state index contributed by atoms with van der Waals surface area (Å²) in [6, 6.07) is 0.306. The molecule has 0 unspecified atom stereocenters. The van der Waals surface area contributed by atoms with Gasteiger partial charge in [-0.3, -0.25) is 14.5 Å². The van der Waals surface area contributed by atoms with Crippen molar-refractivity contribution < 1.29 is 14.3 Å². The molecule has 1 aliphatic rings. The first kappa shape index (κ1) is 16.0. The molecule has 0 aromatic heterocycles. The first-order valence-electron chi connectivity index (χ1n) is 7.13. The Balaban J connectivity index is 2.30. The van der Waals surface area contributed by atoms with E-state index in [1.165, 1.54) is 20.0 Å². The summed E-state index contributed by atoms with van der Waals surface area (Å²) in [5.74, 6) is 0.478. The van der Waals surface area contributed by atoms with Crippen molar-refractivity contribution in [2.24, 2.45) is 5.92 Å². The maximum absolute atomic E-state index is 11.9. The summed E-state index contributed by atoms with van der Waals surface area (Å²) in [4.78, 5) is 24.9. The molecule has 0 bridgehead atoms. The minimum absolute atomic E-state index is 0.00491. The molecule has 110 valence electrons. The third kappa shape index (κ3) is 6.05. The average Bonchev–Trinajstić information content (AvgIpc) is 2.40. The quantitative estimate of drug-likeness (QED) is 0.736. The average molecular weight is 270 g/mol. The van der Waals surface area contributed by atoms with Gasteiger partial charge in [-0.1, -0.05) is 13.8 Å². The number of ether oxygens (including phenoxy) is 1. The monoisotopic (exact) mass is 270 g/mol. The second kappa shape index (κ2) is 8.15. The molecule has 0 heterocycles. The van der Waals surface area contributed by atoms with Gasteiger partial charge in [0, 0.05) is 6.04 Å². The standard InChI is InChI=1S/C14H26N2O3/c1-4-16(10-14(18)19-3)9-13(17)15-12-7-5-11(2)6-8-12/h11-12H,4-10H2,1-3H3,(H,15,17). The van der Waals surface area contributed by atoms with Gasteiger partial charge >= 0.3 is 5.97 Å². The summed E-state index contributed by atoms with van der Waals surface area (Å²) in [5.41, 5.74) is 0. The molecule has 1 fully saturated rings. The molecule has 19 heavy (non-hydrogen) atoms. The maximum Gasteiger partial charge on any atom is 0.319 e. The minimum atomic E-state index is -0.304. The third-order valence-electron chi connectivity index (χ3n) is 3.78. The number of carbonyl (C=O) groups is 2. The highest BCUT2D eigenvalue weighted by Crippen LogP contribution is 2.23. The zero-order valence-corrected chi connectivity index (χ0v) is 12.3. The molecule has 1 aliphatic carbocycles. The fraction of sp³-hybridized carbons (Fsp3) is 0.857. The summed E-state index contributed by atoms with van der Waals surface area (Å²) in [6.07, 6.45) is 4.50. The van der Waals surface area contributed by atoms with E-state index >= 15 is 0 Å². The number of hydrogen-bond acceptors (Lipinski definition) is 4. The van der Waals surface area contributed by atoms with E-state index in [-0.39, 0.29) is 25.0 Å². The van der Waals surface area contributed by atoms with Crippen molar-refractivity contribution >= 4 is 11.9 Å². The lowest BCUT2D eigenvalue weighted by Crippen LogP contribution is -2.44. The molecule has 0 radical (unpaired) electrons. The van der Waals surface area contributed by atoms with Crippen LogP contribution in [0.5, 0.6) is 0 Å². The molecule has 0 aromatic rings. The number of hydrogen-bond donors (Lipinski definition) is 1. The Hall–Kier alpha value is -1.10. The van der Waals surface area contributed by atoms with Gasteiger partial charge in [-0.15, -0.1) is 0 Å². The molecule has 1 amide bonds. The Kier molecular flexibility index (Phi) is 6.84. The Morgan fingerprint density at radius 1 is 1.21 bits per heavy atom. The van der Waals surface area contributed by atoms with Gasteiger partial charge in [-0.25, -0.2) is 0 Å². The molecule has 1 saturated carbocycles. The highest BCUT2D eigenvalue weighted by atomic mass is 16.5. The van der Waals surface area contributed by atoms with Crippen LogP contribution in [0.3, 0.4) is 0 Å². The zero-order chi connectivity index (χ0) is 14.3. The molecule has 0 aliphatic heterocycles. The minimum Gasteiger partial charge on any atom is -0.468 e. The van der Waals surface area contributed by atoms with Crippen LogP contribution in [-0.2, 0) is 14.3 Å². The number of carbonyl (C=O) groups excluding carboxylic acids is 2. The van der Waals surface area contributed by atoms with E-state index in [1.54, 1.807) is 4.90 Å². The topological polar surface area (TPSA) is 58.6 Å². The van der Waals surface area contributed by atoms with Crippen molar-refractivity contribution in [1.29, 1.82) is 0 Å². The van der Waals surface area contributed by atoms with Crippen LogP contribution in [-0.4, -0.2) is 49.6 Å². The summed E-state index contributed by atoms with van der Waals surface area (Å²) >= 11 is 0. The van der Waals surface area contributed by atoms with E-state index in [0.717, 1.165) is 18.8 Å². The predicted octanol–water partition coefficient (Wildman–Crippen LogP) is 1.18. The SMILES string of the molecule is CCN(CC(=O)NC1CCC(C)CC1)CC(=O)OC. The van der Waals surface area contributed by atoms with Gasteiger partial charge in [0.05, 0.1) is 20.2 Å². The molecule has 0 saturated heterocycles. The second-order valence-corrected chi connectivity index (χ2v) is 5.40.